The van der Waals surface area contributed by atoms with Crippen molar-refractivity contribution >= 4 is 6.04 Å². The van der Waals surface area contributed by atoms with Crippen LogP contribution < -0.4 is 0 Å². The van der Waals surface area contributed by atoms with Crippen LogP contribution in [0.1, 0.15) is 25.7 Å². The highest BCUT2D eigenvalue weighted by molar-refractivity contribution is 5.71. The van der Waals surface area contributed by atoms with E-state index in [-0.39, 0.29) is 25.7 Å². The molecule has 100 valence electrons. The Morgan fingerprint density at radius 3 is 1.82 bits per heavy atom. The molecule has 0 radical (unpaired) electrons. The van der Waals surface area contributed by atoms with Crippen LogP contribution in [-0.4, -0.2) is 24.4 Å². The second-order valence-corrected chi connectivity index (χ2v) is 3.91. The number of alkyl halides is 5. The van der Waals surface area contributed by atoms with Gasteiger partial charge in [-0.15, -0.1) is 0 Å². The van der Waals surface area contributed by atoms with E-state index in [1.165, 1.54) is 0 Å². The maximum atomic E-state index is 12.5. The van der Waals surface area contributed by atoms with Crippen molar-refractivity contribution in [3.8, 4) is 0 Å². The standard InChI is InChI=1S/C9H10F6O2/c10-7(16)5-1-3-6(4-2-5)17-9(14,15)8(11,12)13/h5-6H,1-4H2. The van der Waals surface area contributed by atoms with Gasteiger partial charge in [-0.25, -0.2) is 0 Å². The van der Waals surface area contributed by atoms with Gasteiger partial charge in [0, 0.05) is 0 Å². The molecule has 0 bridgehead atoms. The van der Waals surface area contributed by atoms with Crippen LogP contribution in [0, 0.1) is 5.92 Å². The number of rotatable bonds is 3. The lowest BCUT2D eigenvalue weighted by molar-refractivity contribution is -0.403. The molecule has 0 aromatic carbocycles. The first kappa shape index (κ1) is 14.3. The van der Waals surface area contributed by atoms with E-state index >= 15 is 0 Å². The second-order valence-electron chi connectivity index (χ2n) is 3.91. The number of carbonyl (C=O) groups is 1. The molecule has 1 fully saturated rings. The van der Waals surface area contributed by atoms with Crippen LogP contribution in [0.25, 0.3) is 0 Å². The van der Waals surface area contributed by atoms with E-state index in [9.17, 15) is 31.1 Å². The molecule has 17 heavy (non-hydrogen) atoms. The lowest BCUT2D eigenvalue weighted by atomic mass is 9.88. The van der Waals surface area contributed by atoms with E-state index in [1.807, 2.05) is 0 Å². The first-order chi connectivity index (χ1) is 7.63. The van der Waals surface area contributed by atoms with Crippen LogP contribution in [0.5, 0.6) is 0 Å². The molecule has 1 aliphatic rings. The minimum atomic E-state index is -5.76. The first-order valence-corrected chi connectivity index (χ1v) is 4.95. The SMILES string of the molecule is O=C(F)C1CCC(OC(F)(F)C(F)(F)F)CC1. The number of halogens is 6. The van der Waals surface area contributed by atoms with Crippen molar-refractivity contribution in [1.29, 1.82) is 0 Å². The molecule has 1 rings (SSSR count). The maximum absolute atomic E-state index is 12.5. The van der Waals surface area contributed by atoms with Crippen LogP contribution in [0.3, 0.4) is 0 Å². The molecule has 0 saturated heterocycles. The van der Waals surface area contributed by atoms with E-state index in [1.54, 1.807) is 0 Å². The Balaban J connectivity index is 2.48. The minimum absolute atomic E-state index is 0.0755. The summed E-state index contributed by atoms with van der Waals surface area (Å²) in [6, 6.07) is -1.56. The summed E-state index contributed by atoms with van der Waals surface area (Å²) in [5, 5.41) is 0. The van der Waals surface area contributed by atoms with Crippen LogP contribution in [0.4, 0.5) is 26.3 Å². The monoisotopic (exact) mass is 264 g/mol. The zero-order valence-electron chi connectivity index (χ0n) is 8.57. The van der Waals surface area contributed by atoms with E-state index < -0.39 is 30.3 Å². The Morgan fingerprint density at radius 2 is 1.47 bits per heavy atom. The van der Waals surface area contributed by atoms with Crippen LogP contribution >= 0.6 is 0 Å². The Kier molecular flexibility index (Phi) is 4.06. The number of hydrogen-bond acceptors (Lipinski definition) is 2. The highest BCUT2D eigenvalue weighted by Gasteiger charge is 2.60. The van der Waals surface area contributed by atoms with Crippen LogP contribution in [0.15, 0.2) is 0 Å². The zero-order valence-corrected chi connectivity index (χ0v) is 8.57. The fourth-order valence-corrected chi connectivity index (χ4v) is 1.68. The van der Waals surface area contributed by atoms with Gasteiger partial charge >= 0.3 is 18.3 Å². The summed E-state index contributed by atoms with van der Waals surface area (Å²) < 4.78 is 76.3. The summed E-state index contributed by atoms with van der Waals surface area (Å²) in [5.41, 5.74) is 0. The molecule has 0 amide bonds. The summed E-state index contributed by atoms with van der Waals surface area (Å²) in [6.07, 6.45) is -12.8. The molecular weight excluding hydrogens is 254 g/mol. The summed E-state index contributed by atoms with van der Waals surface area (Å²) >= 11 is 0. The quantitative estimate of drug-likeness (QED) is 0.578. The third kappa shape index (κ3) is 3.58. The molecule has 0 spiro atoms. The Morgan fingerprint density at radius 1 is 1.00 bits per heavy atom. The van der Waals surface area contributed by atoms with Gasteiger partial charge in [0.1, 0.15) is 0 Å². The second kappa shape index (κ2) is 4.83. The summed E-state index contributed by atoms with van der Waals surface area (Å²) in [6.45, 7) is 0. The Hall–Kier alpha value is -0.790. The largest absolute Gasteiger partial charge is 0.482 e. The molecule has 1 aliphatic carbocycles. The molecule has 0 aliphatic heterocycles. The minimum Gasteiger partial charge on any atom is -0.310 e. The molecule has 0 unspecified atom stereocenters. The average molecular weight is 264 g/mol. The lowest BCUT2D eigenvalue weighted by Gasteiger charge is -2.30. The summed E-state index contributed by atoms with van der Waals surface area (Å²) in [5.74, 6) is -0.908. The number of hydrogen-bond donors (Lipinski definition) is 0. The van der Waals surface area contributed by atoms with Crippen molar-refractivity contribution in [3.63, 3.8) is 0 Å². The van der Waals surface area contributed by atoms with Crippen molar-refractivity contribution in [2.75, 3.05) is 0 Å². The van der Waals surface area contributed by atoms with E-state index in [2.05, 4.69) is 4.74 Å². The molecule has 1 saturated carbocycles. The van der Waals surface area contributed by atoms with Gasteiger partial charge in [0.15, 0.2) is 0 Å². The van der Waals surface area contributed by atoms with Crippen molar-refractivity contribution < 1.29 is 35.9 Å². The molecular formula is C9H10F6O2. The van der Waals surface area contributed by atoms with Crippen molar-refractivity contribution in [1.82, 2.24) is 0 Å². The number of ether oxygens (including phenoxy) is 1. The maximum Gasteiger partial charge on any atom is 0.482 e. The van der Waals surface area contributed by atoms with E-state index in [0.717, 1.165) is 0 Å². The molecule has 0 atom stereocenters. The summed E-state index contributed by atoms with van der Waals surface area (Å²) in [7, 11) is 0. The topological polar surface area (TPSA) is 26.3 Å². The van der Waals surface area contributed by atoms with Gasteiger partial charge in [-0.2, -0.15) is 26.3 Å². The fourth-order valence-electron chi connectivity index (χ4n) is 1.68. The fraction of sp³-hybridized carbons (Fsp3) is 0.889. The highest BCUT2D eigenvalue weighted by atomic mass is 19.4. The van der Waals surface area contributed by atoms with Gasteiger partial charge in [-0.3, -0.25) is 4.79 Å². The van der Waals surface area contributed by atoms with Crippen LogP contribution in [-0.2, 0) is 9.53 Å². The normalized spacial score (nSPS) is 26.9. The van der Waals surface area contributed by atoms with Gasteiger partial charge in [-0.1, -0.05) is 0 Å². The van der Waals surface area contributed by atoms with E-state index in [4.69, 9.17) is 0 Å². The third-order valence-corrected chi connectivity index (χ3v) is 2.64. The zero-order chi connectivity index (χ0) is 13.3. The molecule has 0 aromatic rings. The van der Waals surface area contributed by atoms with Gasteiger partial charge in [-0.05, 0) is 25.7 Å². The summed E-state index contributed by atoms with van der Waals surface area (Å²) in [4.78, 5) is 10.3. The lowest BCUT2D eigenvalue weighted by Crippen LogP contribution is -2.43. The van der Waals surface area contributed by atoms with Crippen molar-refractivity contribution in [3.05, 3.63) is 0 Å². The molecule has 8 heteroatoms. The van der Waals surface area contributed by atoms with E-state index in [0.29, 0.717) is 0 Å². The molecule has 2 nitrogen and oxygen atoms in total. The van der Waals surface area contributed by atoms with Crippen molar-refractivity contribution in [2.45, 2.75) is 44.1 Å². The Labute approximate surface area is 92.9 Å². The van der Waals surface area contributed by atoms with Gasteiger partial charge < -0.3 is 4.74 Å². The van der Waals surface area contributed by atoms with Crippen LogP contribution in [0.2, 0.25) is 0 Å². The van der Waals surface area contributed by atoms with Crippen molar-refractivity contribution in [2.24, 2.45) is 5.92 Å². The van der Waals surface area contributed by atoms with Gasteiger partial charge in [0.25, 0.3) is 0 Å². The highest BCUT2D eigenvalue weighted by Crippen LogP contribution is 2.39. The molecule has 0 heterocycles. The average Bonchev–Trinajstić information content (AvgIpc) is 2.16. The molecule has 0 aromatic heterocycles. The number of carbonyl (C=O) groups excluding carboxylic acids is 1. The predicted molar refractivity (Wildman–Crippen MR) is 43.9 cm³/mol. The van der Waals surface area contributed by atoms with Gasteiger partial charge in [0.05, 0.1) is 12.0 Å². The predicted octanol–water partition coefficient (Wildman–Crippen LogP) is 3.21. The molecule has 0 N–H and O–H groups in total. The third-order valence-electron chi connectivity index (χ3n) is 2.64. The first-order valence-electron chi connectivity index (χ1n) is 4.95. The van der Waals surface area contributed by atoms with Gasteiger partial charge in [0.2, 0.25) is 0 Å². The smallest absolute Gasteiger partial charge is 0.310 e. The Bertz CT molecular complexity index is 280.